The van der Waals surface area contributed by atoms with Gasteiger partial charge in [-0.05, 0) is 11.6 Å². The third-order valence-corrected chi connectivity index (χ3v) is 2.44. The van der Waals surface area contributed by atoms with E-state index in [1.807, 2.05) is 0 Å². The van der Waals surface area contributed by atoms with Crippen molar-refractivity contribution >= 4 is 28.9 Å². The molecule has 0 unspecified atom stereocenters. The van der Waals surface area contributed by atoms with Crippen LogP contribution in [0.1, 0.15) is 0 Å². The maximum Gasteiger partial charge on any atom is 0.307 e. The summed E-state index contributed by atoms with van der Waals surface area (Å²) in [5.41, 5.74) is -0.573. The number of nitrogens with zero attached hydrogens (tertiary/aromatic N) is 4. The molecule has 0 spiro atoms. The fourth-order valence-corrected chi connectivity index (χ4v) is 1.53. The number of ether oxygens (including phenoxy) is 1. The molecule has 8 nitrogen and oxygen atoms in total. The number of nitro groups is 1. The molecule has 0 atom stereocenters. The van der Waals surface area contributed by atoms with Crippen molar-refractivity contribution in [2.75, 3.05) is 12.4 Å². The smallest absolute Gasteiger partial charge is 0.307 e. The second-order valence-electron chi connectivity index (χ2n) is 3.46. The van der Waals surface area contributed by atoms with Crippen molar-refractivity contribution in [3.63, 3.8) is 0 Å². The van der Waals surface area contributed by atoms with Gasteiger partial charge in [-0.15, -0.1) is 0 Å². The molecule has 0 aliphatic rings. The summed E-state index contributed by atoms with van der Waals surface area (Å²) in [5.74, 6) is -0.903. The number of hydrogen-bond acceptors (Lipinski definition) is 7. The van der Waals surface area contributed by atoms with Crippen LogP contribution in [0.25, 0.3) is 0 Å². The predicted octanol–water partition coefficient (Wildman–Crippen LogP) is 2.32. The predicted molar refractivity (Wildman–Crippen MR) is 67.7 cm³/mol. The minimum absolute atomic E-state index is 0.0456. The number of nitro benzene ring substituents is 1. The maximum atomic E-state index is 13.5. The molecule has 0 radical (unpaired) electrons. The molecular weight excluding hydrogens is 293 g/mol. The highest BCUT2D eigenvalue weighted by Gasteiger charge is 2.19. The largest absolute Gasteiger partial charge is 0.494 e. The summed E-state index contributed by atoms with van der Waals surface area (Å²) in [6.45, 7) is 0. The van der Waals surface area contributed by atoms with Crippen LogP contribution in [0.15, 0.2) is 18.5 Å². The molecule has 0 saturated heterocycles. The van der Waals surface area contributed by atoms with Crippen molar-refractivity contribution in [3.8, 4) is 5.75 Å². The molecule has 104 valence electrons. The van der Waals surface area contributed by atoms with Gasteiger partial charge in [-0.1, -0.05) is 0 Å². The zero-order valence-electron chi connectivity index (χ0n) is 10.0. The molecule has 10 heteroatoms. The fraction of sp³-hybridized carbons (Fsp3) is 0.100. The first-order chi connectivity index (χ1) is 9.51. The van der Waals surface area contributed by atoms with Crippen molar-refractivity contribution < 1.29 is 14.1 Å². The normalized spacial score (nSPS) is 10.2. The monoisotopic (exact) mass is 299 g/mol. The van der Waals surface area contributed by atoms with Gasteiger partial charge in [-0.2, -0.15) is 9.37 Å². The summed E-state index contributed by atoms with van der Waals surface area (Å²) < 4.78 is 18.4. The SMILES string of the molecule is COc1cc(F)c([N+](=O)[O-])cc1Nc1ncnc(Cl)n1. The van der Waals surface area contributed by atoms with Gasteiger partial charge in [0.1, 0.15) is 12.1 Å². The topological polar surface area (TPSA) is 103 Å². The van der Waals surface area contributed by atoms with E-state index in [9.17, 15) is 14.5 Å². The number of benzene rings is 1. The summed E-state index contributed by atoms with van der Waals surface area (Å²) in [4.78, 5) is 21.0. The lowest BCUT2D eigenvalue weighted by molar-refractivity contribution is -0.387. The van der Waals surface area contributed by atoms with Crippen molar-refractivity contribution in [3.05, 3.63) is 39.7 Å². The van der Waals surface area contributed by atoms with Crippen LogP contribution in [0.3, 0.4) is 0 Å². The van der Waals surface area contributed by atoms with E-state index in [-0.39, 0.29) is 22.7 Å². The van der Waals surface area contributed by atoms with E-state index in [1.165, 1.54) is 7.11 Å². The zero-order chi connectivity index (χ0) is 14.7. The molecule has 0 aliphatic carbocycles. The van der Waals surface area contributed by atoms with E-state index >= 15 is 0 Å². The van der Waals surface area contributed by atoms with Crippen LogP contribution in [0.2, 0.25) is 5.28 Å². The molecule has 20 heavy (non-hydrogen) atoms. The maximum absolute atomic E-state index is 13.5. The Labute approximate surface area is 116 Å². The summed E-state index contributed by atoms with van der Waals surface area (Å²) in [7, 11) is 1.30. The van der Waals surface area contributed by atoms with E-state index in [2.05, 4.69) is 20.3 Å². The van der Waals surface area contributed by atoms with E-state index in [4.69, 9.17) is 16.3 Å². The first-order valence-corrected chi connectivity index (χ1v) is 5.52. The second-order valence-corrected chi connectivity index (χ2v) is 3.80. The Balaban J connectivity index is 2.44. The Kier molecular flexibility index (Phi) is 3.89. The molecule has 0 saturated carbocycles. The number of halogens is 2. The minimum atomic E-state index is -1.01. The van der Waals surface area contributed by atoms with Crippen molar-refractivity contribution in [2.45, 2.75) is 0 Å². The fourth-order valence-electron chi connectivity index (χ4n) is 1.41. The Morgan fingerprint density at radius 1 is 1.45 bits per heavy atom. The van der Waals surface area contributed by atoms with Gasteiger partial charge in [0.2, 0.25) is 17.0 Å². The Morgan fingerprint density at radius 2 is 2.20 bits per heavy atom. The average molecular weight is 300 g/mol. The van der Waals surface area contributed by atoms with Gasteiger partial charge in [0.25, 0.3) is 0 Å². The standard InChI is InChI=1S/C10H7ClFN5O3/c1-20-8-2-5(12)7(17(18)19)3-6(8)15-10-14-4-13-9(11)16-10/h2-4H,1H3,(H,13,14,15,16). The van der Waals surface area contributed by atoms with Crippen LogP contribution < -0.4 is 10.1 Å². The second kappa shape index (κ2) is 5.61. The molecule has 0 bridgehead atoms. The number of hydrogen-bond donors (Lipinski definition) is 1. The highest BCUT2D eigenvalue weighted by atomic mass is 35.5. The Bertz CT molecular complexity index is 669. The highest BCUT2D eigenvalue weighted by molar-refractivity contribution is 6.28. The van der Waals surface area contributed by atoms with Gasteiger partial charge in [-0.25, -0.2) is 9.97 Å². The van der Waals surface area contributed by atoms with Crippen molar-refractivity contribution in [2.24, 2.45) is 0 Å². The minimum Gasteiger partial charge on any atom is -0.494 e. The van der Waals surface area contributed by atoms with Crippen molar-refractivity contribution in [1.82, 2.24) is 15.0 Å². The molecule has 1 aromatic heterocycles. The van der Waals surface area contributed by atoms with Gasteiger partial charge >= 0.3 is 5.69 Å². The molecule has 1 N–H and O–H groups in total. The first-order valence-electron chi connectivity index (χ1n) is 5.14. The van der Waals surface area contributed by atoms with Gasteiger partial charge in [0.15, 0.2) is 0 Å². The quantitative estimate of drug-likeness (QED) is 0.682. The summed E-state index contributed by atoms with van der Waals surface area (Å²) in [6, 6.07) is 1.87. The lowest BCUT2D eigenvalue weighted by Crippen LogP contribution is -2.02. The molecule has 1 heterocycles. The third kappa shape index (κ3) is 2.88. The molecule has 1 aromatic carbocycles. The number of anilines is 2. The van der Waals surface area contributed by atoms with Gasteiger partial charge in [-0.3, -0.25) is 10.1 Å². The summed E-state index contributed by atoms with van der Waals surface area (Å²) in [5, 5.41) is 13.3. The number of rotatable bonds is 4. The van der Waals surface area contributed by atoms with E-state index in [1.54, 1.807) is 0 Å². The van der Waals surface area contributed by atoms with Gasteiger partial charge in [0.05, 0.1) is 17.7 Å². The van der Waals surface area contributed by atoms with Crippen molar-refractivity contribution in [1.29, 1.82) is 0 Å². The molecule has 0 amide bonds. The van der Waals surface area contributed by atoms with Crippen LogP contribution in [-0.4, -0.2) is 27.0 Å². The molecule has 2 rings (SSSR count). The Hall–Kier alpha value is -2.55. The van der Waals surface area contributed by atoms with Crippen LogP contribution in [0.5, 0.6) is 5.75 Å². The third-order valence-electron chi connectivity index (χ3n) is 2.25. The molecule has 0 aliphatic heterocycles. The summed E-state index contributed by atoms with van der Waals surface area (Å²) >= 11 is 5.59. The number of methoxy groups -OCH3 is 1. The van der Waals surface area contributed by atoms with Gasteiger partial charge < -0.3 is 10.1 Å². The van der Waals surface area contributed by atoms with Crippen LogP contribution in [-0.2, 0) is 0 Å². The zero-order valence-corrected chi connectivity index (χ0v) is 10.8. The lowest BCUT2D eigenvalue weighted by Gasteiger charge is -2.10. The van der Waals surface area contributed by atoms with E-state index in [0.29, 0.717) is 0 Å². The van der Waals surface area contributed by atoms with E-state index < -0.39 is 16.4 Å². The molecular formula is C10H7ClFN5O3. The van der Waals surface area contributed by atoms with E-state index in [0.717, 1.165) is 18.5 Å². The Morgan fingerprint density at radius 3 is 2.80 bits per heavy atom. The summed E-state index contributed by atoms with van der Waals surface area (Å²) in [6.07, 6.45) is 1.15. The van der Waals surface area contributed by atoms with Crippen LogP contribution in [0.4, 0.5) is 21.7 Å². The lowest BCUT2D eigenvalue weighted by atomic mass is 10.2. The average Bonchev–Trinajstić information content (AvgIpc) is 2.40. The first kappa shape index (κ1) is 13.9. The molecule has 2 aromatic rings. The highest BCUT2D eigenvalue weighted by Crippen LogP contribution is 2.33. The van der Waals surface area contributed by atoms with Crippen LogP contribution in [0, 0.1) is 15.9 Å². The number of aromatic nitrogens is 3. The number of nitrogens with one attached hydrogen (secondary N) is 1. The van der Waals surface area contributed by atoms with Gasteiger partial charge in [0, 0.05) is 12.1 Å². The van der Waals surface area contributed by atoms with Crippen LogP contribution >= 0.6 is 11.6 Å². The molecule has 0 fully saturated rings.